The number of non-ortho nitro benzene ring substituents is 1. The van der Waals surface area contributed by atoms with Crippen LogP contribution in [0.15, 0.2) is 41.6 Å². The van der Waals surface area contributed by atoms with Crippen molar-refractivity contribution in [2.45, 2.75) is 110 Å². The molecule has 2 aromatic rings. The molecule has 0 amide bonds. The zero-order chi connectivity index (χ0) is 28.4. The van der Waals surface area contributed by atoms with Gasteiger partial charge in [-0.15, -0.1) is 0 Å². The number of hydrogen-bond donors (Lipinski definition) is 2. The van der Waals surface area contributed by atoms with Crippen LogP contribution in [0.2, 0.25) is 0 Å². The summed E-state index contributed by atoms with van der Waals surface area (Å²) in [6.07, 6.45) is 14.7. The number of nitro groups is 1. The van der Waals surface area contributed by atoms with Crippen LogP contribution in [0.3, 0.4) is 0 Å². The topological polar surface area (TPSA) is 113 Å². The van der Waals surface area contributed by atoms with Crippen LogP contribution >= 0.6 is 0 Å². The van der Waals surface area contributed by atoms with Crippen molar-refractivity contribution >= 4 is 17.4 Å². The van der Waals surface area contributed by atoms with Gasteiger partial charge in [0.05, 0.1) is 10.6 Å². The lowest BCUT2D eigenvalue weighted by molar-refractivity contribution is -0.384. The number of nitro benzene ring substituents is 1. The molecular formula is C32H44N2O5. The molecule has 2 aliphatic carbocycles. The summed E-state index contributed by atoms with van der Waals surface area (Å²) in [4.78, 5) is 20.4. The molecule has 0 radical (unpaired) electrons. The van der Waals surface area contributed by atoms with Gasteiger partial charge in [0.2, 0.25) is 0 Å². The van der Waals surface area contributed by atoms with Crippen LogP contribution in [0.4, 0.5) is 5.69 Å². The van der Waals surface area contributed by atoms with Crippen molar-refractivity contribution in [1.82, 2.24) is 0 Å². The quantitative estimate of drug-likeness (QED) is 0.129. The van der Waals surface area contributed by atoms with Gasteiger partial charge < -0.3 is 10.3 Å². The molecule has 0 aliphatic heterocycles. The molecule has 1 fully saturated rings. The maximum atomic E-state index is 11.7. The number of rotatable bonds is 11. The predicted molar refractivity (Wildman–Crippen MR) is 156 cm³/mol. The summed E-state index contributed by atoms with van der Waals surface area (Å²) in [5.41, 5.74) is 6.34. The van der Waals surface area contributed by atoms with Crippen molar-refractivity contribution in [3.05, 3.63) is 63.2 Å². The average molecular weight is 537 g/mol. The Balaban J connectivity index is 0.000000983. The minimum atomic E-state index is -0.833. The highest BCUT2D eigenvalue weighted by atomic mass is 16.6. The van der Waals surface area contributed by atoms with E-state index in [9.17, 15) is 15.3 Å². The number of unbranched alkanes of at least 4 members (excludes halogenated alkanes) is 2. The number of nitrogens with zero attached hydrogens (tertiary/aromatic N) is 2. The van der Waals surface area contributed by atoms with Crippen molar-refractivity contribution in [2.75, 3.05) is 0 Å². The minimum Gasteiger partial charge on any atom is -0.481 e. The molecule has 2 aromatic carbocycles. The average Bonchev–Trinajstić information content (AvgIpc) is 3.20. The molecule has 39 heavy (non-hydrogen) atoms. The maximum absolute atomic E-state index is 11.7. The second-order valence-corrected chi connectivity index (χ2v) is 11.1. The highest BCUT2D eigenvalue weighted by Gasteiger charge is 2.43. The first-order valence-corrected chi connectivity index (χ1v) is 14.6. The standard InChI is InChI=1S/C30H40N2O3.C2H4O2/c1-3-5-18-30(19-6-4-2)27-20-23(29(31-33)17-12-22-10-8-7-9-11-22)13-15-25(27)26-16-14-24(32(34)35)21-28(26)30;1-2(3)4/h13-16,20-22,33H,3-12,17-19H2,1-2H3;1H3,(H,3,4). The highest BCUT2D eigenvalue weighted by molar-refractivity contribution is 6.01. The van der Waals surface area contributed by atoms with Crippen molar-refractivity contribution in [3.8, 4) is 11.1 Å². The van der Waals surface area contributed by atoms with E-state index in [4.69, 9.17) is 9.90 Å². The summed E-state index contributed by atoms with van der Waals surface area (Å²) in [7, 11) is 0. The van der Waals surface area contributed by atoms with Crippen LogP contribution in [0.5, 0.6) is 0 Å². The number of aliphatic carboxylic acids is 1. The van der Waals surface area contributed by atoms with Crippen LogP contribution in [-0.4, -0.2) is 26.9 Å². The third-order valence-corrected chi connectivity index (χ3v) is 8.44. The molecule has 7 nitrogen and oxygen atoms in total. The van der Waals surface area contributed by atoms with Crippen LogP contribution in [-0.2, 0) is 10.2 Å². The van der Waals surface area contributed by atoms with Gasteiger partial charge in [-0.1, -0.05) is 88.9 Å². The fraction of sp³-hybridized carbons (Fsp3) is 0.562. The van der Waals surface area contributed by atoms with Gasteiger partial charge in [0.15, 0.2) is 0 Å². The van der Waals surface area contributed by atoms with Gasteiger partial charge in [-0.25, -0.2) is 0 Å². The molecule has 4 rings (SSSR count). The van der Waals surface area contributed by atoms with E-state index in [1.165, 1.54) is 43.2 Å². The number of fused-ring (bicyclic) bond motifs is 3. The monoisotopic (exact) mass is 536 g/mol. The molecule has 212 valence electrons. The number of carboxylic acid groups (broad SMARTS) is 1. The Morgan fingerprint density at radius 3 is 2.10 bits per heavy atom. The first kappa shape index (κ1) is 30.3. The van der Waals surface area contributed by atoms with Gasteiger partial charge in [0.1, 0.15) is 0 Å². The van der Waals surface area contributed by atoms with Crippen molar-refractivity contribution in [1.29, 1.82) is 0 Å². The third-order valence-electron chi connectivity index (χ3n) is 8.44. The van der Waals surface area contributed by atoms with Crippen molar-refractivity contribution in [3.63, 3.8) is 0 Å². The summed E-state index contributed by atoms with van der Waals surface area (Å²) in [5, 5.41) is 32.8. The van der Waals surface area contributed by atoms with Crippen molar-refractivity contribution in [2.24, 2.45) is 11.1 Å². The number of hydrogen-bond acceptors (Lipinski definition) is 5. The van der Waals surface area contributed by atoms with Gasteiger partial charge in [0.25, 0.3) is 11.7 Å². The molecule has 0 spiro atoms. The molecule has 0 atom stereocenters. The zero-order valence-corrected chi connectivity index (χ0v) is 23.7. The first-order valence-electron chi connectivity index (χ1n) is 14.6. The lowest BCUT2D eigenvalue weighted by Crippen LogP contribution is -2.26. The fourth-order valence-electron chi connectivity index (χ4n) is 6.47. The Labute approximate surface area is 232 Å². The molecular weight excluding hydrogens is 492 g/mol. The Bertz CT molecular complexity index is 1160. The fourth-order valence-corrected chi connectivity index (χ4v) is 6.47. The molecule has 0 unspecified atom stereocenters. The number of oxime groups is 1. The van der Waals surface area contributed by atoms with E-state index in [1.54, 1.807) is 6.07 Å². The molecule has 0 saturated heterocycles. The molecule has 0 aromatic heterocycles. The van der Waals surface area contributed by atoms with E-state index in [-0.39, 0.29) is 16.0 Å². The number of carbonyl (C=O) groups is 1. The van der Waals surface area contributed by atoms with Crippen molar-refractivity contribution < 1.29 is 20.0 Å². The normalized spacial score (nSPS) is 16.1. The number of carboxylic acids is 1. The van der Waals surface area contributed by atoms with Crippen LogP contribution in [0.25, 0.3) is 11.1 Å². The van der Waals surface area contributed by atoms with Gasteiger partial charge in [-0.05, 0) is 71.6 Å². The van der Waals surface area contributed by atoms with Gasteiger partial charge in [0, 0.05) is 24.5 Å². The van der Waals surface area contributed by atoms with E-state index in [0.29, 0.717) is 0 Å². The van der Waals surface area contributed by atoms with Crippen LogP contribution in [0, 0.1) is 16.0 Å². The summed E-state index contributed by atoms with van der Waals surface area (Å²) >= 11 is 0. The maximum Gasteiger partial charge on any atom is 0.300 e. The zero-order valence-electron chi connectivity index (χ0n) is 23.7. The molecule has 2 aliphatic rings. The molecule has 0 bridgehead atoms. The Morgan fingerprint density at radius 2 is 1.56 bits per heavy atom. The van der Waals surface area contributed by atoms with Gasteiger partial charge in [-0.3, -0.25) is 14.9 Å². The molecule has 7 heteroatoms. The lowest BCUT2D eigenvalue weighted by Gasteiger charge is -2.32. The first-order chi connectivity index (χ1) is 18.8. The summed E-state index contributed by atoms with van der Waals surface area (Å²) in [5.74, 6) is -0.104. The van der Waals surface area contributed by atoms with Gasteiger partial charge in [-0.2, -0.15) is 0 Å². The van der Waals surface area contributed by atoms with Crippen LogP contribution in [0.1, 0.15) is 121 Å². The largest absolute Gasteiger partial charge is 0.481 e. The summed E-state index contributed by atoms with van der Waals surface area (Å²) in [6, 6.07) is 11.9. The Kier molecular flexibility index (Phi) is 11.1. The number of benzene rings is 2. The molecule has 0 heterocycles. The van der Waals surface area contributed by atoms with Gasteiger partial charge >= 0.3 is 0 Å². The smallest absolute Gasteiger partial charge is 0.300 e. The lowest BCUT2D eigenvalue weighted by atomic mass is 9.70. The SMILES string of the molecule is CC(=O)O.CCCCC1(CCCC)c2cc(C(CCC3CCCCC3)=NO)ccc2-c2ccc([N+](=O)[O-])cc21. The molecule has 2 N–H and O–H groups in total. The second kappa shape index (κ2) is 14.2. The predicted octanol–water partition coefficient (Wildman–Crippen LogP) is 8.87. The second-order valence-electron chi connectivity index (χ2n) is 11.1. The van der Waals surface area contributed by atoms with E-state index in [1.807, 2.05) is 12.1 Å². The van der Waals surface area contributed by atoms with E-state index < -0.39 is 5.97 Å². The summed E-state index contributed by atoms with van der Waals surface area (Å²) < 4.78 is 0. The third kappa shape index (κ3) is 7.25. The molecule has 1 saturated carbocycles. The Morgan fingerprint density at radius 1 is 1.00 bits per heavy atom. The minimum absolute atomic E-state index is 0.166. The summed E-state index contributed by atoms with van der Waals surface area (Å²) in [6.45, 7) is 5.49. The Hall–Kier alpha value is -3.22. The van der Waals surface area contributed by atoms with E-state index in [0.717, 1.165) is 86.6 Å². The van der Waals surface area contributed by atoms with E-state index in [2.05, 4.69) is 37.2 Å². The van der Waals surface area contributed by atoms with Crippen LogP contribution < -0.4 is 0 Å². The van der Waals surface area contributed by atoms with E-state index >= 15 is 0 Å². The highest BCUT2D eigenvalue weighted by Crippen LogP contribution is 2.55.